The molecule has 1 N–H and O–H groups in total. The van der Waals surface area contributed by atoms with Crippen LogP contribution in [0.2, 0.25) is 0 Å². The maximum absolute atomic E-state index is 10.4. The van der Waals surface area contributed by atoms with Crippen LogP contribution in [0.25, 0.3) is 0 Å². The van der Waals surface area contributed by atoms with Gasteiger partial charge in [-0.05, 0) is 26.0 Å². The predicted molar refractivity (Wildman–Crippen MR) is 33.8 cm³/mol. The molecule has 0 atom stereocenters. The van der Waals surface area contributed by atoms with Gasteiger partial charge in [-0.2, -0.15) is 0 Å². The van der Waals surface area contributed by atoms with Crippen molar-refractivity contribution in [3.05, 3.63) is 0 Å². The van der Waals surface area contributed by atoms with Crippen molar-refractivity contribution < 1.29 is 9.90 Å². The largest absolute Gasteiger partial charge is 0.479 e. The predicted octanol–water partition coefficient (Wildman–Crippen LogP) is 0.694. The van der Waals surface area contributed by atoms with Gasteiger partial charge in [0.15, 0.2) is 5.54 Å². The zero-order valence-electron chi connectivity index (χ0n) is 5.29. The summed E-state index contributed by atoms with van der Waals surface area (Å²) in [5, 5.41) is 8.52. The van der Waals surface area contributed by atoms with E-state index in [1.165, 1.54) is 0 Å². The Morgan fingerprint density at radius 3 is 2.44 bits per heavy atom. The van der Waals surface area contributed by atoms with Crippen LogP contribution >= 0.6 is 0 Å². The molecule has 1 aliphatic rings. The van der Waals surface area contributed by atoms with Crippen molar-refractivity contribution in [2.75, 3.05) is 0 Å². The van der Waals surface area contributed by atoms with Crippen molar-refractivity contribution in [2.24, 2.45) is 4.99 Å². The van der Waals surface area contributed by atoms with E-state index in [1.807, 2.05) is 0 Å². The summed E-state index contributed by atoms with van der Waals surface area (Å²) in [5.74, 6) is -0.791. The fourth-order valence-electron chi connectivity index (χ4n) is 0.764. The van der Waals surface area contributed by atoms with E-state index in [2.05, 4.69) is 4.99 Å². The summed E-state index contributed by atoms with van der Waals surface area (Å²) in [6, 6.07) is 0. The molecule has 1 saturated carbocycles. The number of aliphatic imine (C=N–C) groups is 1. The highest BCUT2D eigenvalue weighted by Gasteiger charge is 2.49. The van der Waals surface area contributed by atoms with Crippen molar-refractivity contribution in [2.45, 2.75) is 25.3 Å². The average Bonchev–Trinajstić information content (AvgIpc) is 2.49. The second-order valence-corrected chi connectivity index (χ2v) is 2.22. The van der Waals surface area contributed by atoms with Crippen LogP contribution in [0.5, 0.6) is 0 Å². The minimum Gasteiger partial charge on any atom is -0.479 e. The van der Waals surface area contributed by atoms with Crippen molar-refractivity contribution in [3.63, 3.8) is 0 Å². The summed E-state index contributed by atoms with van der Waals surface area (Å²) in [6.07, 6.45) is 2.96. The Bertz CT molecular complexity index is 158. The van der Waals surface area contributed by atoms with Crippen molar-refractivity contribution in [3.8, 4) is 0 Å². The standard InChI is InChI=1S/C6H9NO2/c1-2-7-6(3-4-6)5(8)9/h2H,3-4H2,1H3,(H,8,9). The van der Waals surface area contributed by atoms with Crippen LogP contribution in [0.15, 0.2) is 4.99 Å². The number of carboxylic acid groups (broad SMARTS) is 1. The Labute approximate surface area is 53.4 Å². The zero-order valence-corrected chi connectivity index (χ0v) is 5.29. The summed E-state index contributed by atoms with van der Waals surface area (Å²) < 4.78 is 0. The van der Waals surface area contributed by atoms with Gasteiger partial charge in [-0.3, -0.25) is 4.99 Å². The third-order valence-electron chi connectivity index (χ3n) is 1.50. The van der Waals surface area contributed by atoms with Gasteiger partial charge in [0.25, 0.3) is 0 Å². The van der Waals surface area contributed by atoms with Gasteiger partial charge in [0, 0.05) is 0 Å². The van der Waals surface area contributed by atoms with Crippen LogP contribution in [0.1, 0.15) is 19.8 Å². The van der Waals surface area contributed by atoms with Gasteiger partial charge in [-0.1, -0.05) is 0 Å². The van der Waals surface area contributed by atoms with E-state index in [9.17, 15) is 4.79 Å². The van der Waals surface area contributed by atoms with Crippen LogP contribution < -0.4 is 0 Å². The molecule has 0 aliphatic heterocycles. The van der Waals surface area contributed by atoms with Gasteiger partial charge in [-0.15, -0.1) is 0 Å². The fraction of sp³-hybridized carbons (Fsp3) is 0.667. The van der Waals surface area contributed by atoms with E-state index in [1.54, 1.807) is 13.1 Å². The van der Waals surface area contributed by atoms with Crippen LogP contribution in [0.4, 0.5) is 0 Å². The molecule has 1 rings (SSSR count). The lowest BCUT2D eigenvalue weighted by molar-refractivity contribution is -0.139. The summed E-state index contributed by atoms with van der Waals surface area (Å²) in [7, 11) is 0. The lowest BCUT2D eigenvalue weighted by atomic mass is 10.3. The first-order valence-electron chi connectivity index (χ1n) is 2.94. The monoisotopic (exact) mass is 127 g/mol. The highest BCUT2D eigenvalue weighted by Crippen LogP contribution is 2.39. The number of carboxylic acids is 1. The maximum atomic E-state index is 10.4. The highest BCUT2D eigenvalue weighted by atomic mass is 16.4. The molecule has 0 heterocycles. The molecule has 0 radical (unpaired) electrons. The Kier molecular flexibility index (Phi) is 1.27. The van der Waals surface area contributed by atoms with Gasteiger partial charge in [0.2, 0.25) is 0 Å². The zero-order chi connectivity index (χ0) is 6.91. The third kappa shape index (κ3) is 0.943. The summed E-state index contributed by atoms with van der Waals surface area (Å²) in [4.78, 5) is 14.2. The van der Waals surface area contributed by atoms with Gasteiger partial charge >= 0.3 is 5.97 Å². The van der Waals surface area contributed by atoms with Gasteiger partial charge < -0.3 is 5.11 Å². The number of carbonyl (C=O) groups is 1. The molecule has 3 heteroatoms. The number of aliphatic carboxylic acids is 1. The molecule has 50 valence electrons. The smallest absolute Gasteiger partial charge is 0.331 e. The van der Waals surface area contributed by atoms with E-state index < -0.39 is 11.5 Å². The first kappa shape index (κ1) is 6.26. The first-order chi connectivity index (χ1) is 4.21. The lowest BCUT2D eigenvalue weighted by Crippen LogP contribution is -2.18. The van der Waals surface area contributed by atoms with Crippen LogP contribution in [-0.2, 0) is 4.79 Å². The molecule has 1 aliphatic carbocycles. The molecule has 0 unspecified atom stereocenters. The highest BCUT2D eigenvalue weighted by molar-refractivity contribution is 5.84. The molecule has 0 bridgehead atoms. The summed E-state index contributed by atoms with van der Waals surface area (Å²) in [6.45, 7) is 1.74. The van der Waals surface area contributed by atoms with Crippen molar-refractivity contribution in [1.82, 2.24) is 0 Å². The van der Waals surface area contributed by atoms with Gasteiger partial charge in [0.1, 0.15) is 0 Å². The Morgan fingerprint density at radius 1 is 1.78 bits per heavy atom. The molecular formula is C6H9NO2. The molecule has 9 heavy (non-hydrogen) atoms. The van der Waals surface area contributed by atoms with Gasteiger partial charge in [-0.25, -0.2) is 4.79 Å². The lowest BCUT2D eigenvalue weighted by Gasteiger charge is -1.98. The molecule has 0 aromatic heterocycles. The molecular weight excluding hydrogens is 118 g/mol. The van der Waals surface area contributed by atoms with E-state index in [0.29, 0.717) is 12.8 Å². The molecule has 3 nitrogen and oxygen atoms in total. The molecule has 0 aromatic rings. The van der Waals surface area contributed by atoms with Crippen molar-refractivity contribution in [1.29, 1.82) is 0 Å². The molecule has 0 amide bonds. The molecule has 0 spiro atoms. The van der Waals surface area contributed by atoms with E-state index in [-0.39, 0.29) is 0 Å². The third-order valence-corrected chi connectivity index (χ3v) is 1.50. The second kappa shape index (κ2) is 1.83. The molecule has 1 fully saturated rings. The van der Waals surface area contributed by atoms with E-state index in [4.69, 9.17) is 5.11 Å². The second-order valence-electron chi connectivity index (χ2n) is 2.22. The minimum absolute atomic E-state index is 0.701. The van der Waals surface area contributed by atoms with Gasteiger partial charge in [0.05, 0.1) is 0 Å². The first-order valence-corrected chi connectivity index (χ1v) is 2.94. The van der Waals surface area contributed by atoms with Crippen molar-refractivity contribution >= 4 is 12.2 Å². The Balaban J connectivity index is 2.63. The SMILES string of the molecule is CC=NC1(C(=O)O)CC1. The van der Waals surface area contributed by atoms with Crippen LogP contribution in [-0.4, -0.2) is 22.8 Å². The minimum atomic E-state index is -0.791. The number of nitrogens with zero attached hydrogens (tertiary/aromatic N) is 1. The maximum Gasteiger partial charge on any atom is 0.331 e. The fourth-order valence-corrected chi connectivity index (χ4v) is 0.764. The topological polar surface area (TPSA) is 49.7 Å². The Morgan fingerprint density at radius 2 is 2.33 bits per heavy atom. The van der Waals surface area contributed by atoms with Crippen LogP contribution in [0.3, 0.4) is 0 Å². The number of hydrogen-bond donors (Lipinski definition) is 1. The number of hydrogen-bond acceptors (Lipinski definition) is 2. The summed E-state index contributed by atoms with van der Waals surface area (Å²) >= 11 is 0. The van der Waals surface area contributed by atoms with E-state index >= 15 is 0 Å². The average molecular weight is 127 g/mol. The normalized spacial score (nSPS) is 22.3. The molecule has 0 saturated heterocycles. The summed E-state index contributed by atoms with van der Waals surface area (Å²) in [5.41, 5.74) is -0.714. The Hall–Kier alpha value is -0.860. The van der Waals surface area contributed by atoms with E-state index in [0.717, 1.165) is 0 Å². The quantitative estimate of drug-likeness (QED) is 0.555. The van der Waals surface area contributed by atoms with Crippen LogP contribution in [0, 0.1) is 0 Å². The molecule has 0 aromatic carbocycles. The number of rotatable bonds is 2.